The number of phenolic OH excluding ortho intramolecular Hbond substituents is 1. The fourth-order valence-corrected chi connectivity index (χ4v) is 5.67. The van der Waals surface area contributed by atoms with Crippen molar-refractivity contribution >= 4 is 61.2 Å². The number of anilines is 5. The van der Waals surface area contributed by atoms with Crippen molar-refractivity contribution in [2.45, 2.75) is 33.1 Å². The minimum Gasteiger partial charge on any atom is -0.507 e. The summed E-state index contributed by atoms with van der Waals surface area (Å²) in [5.74, 6) is 1.25. The van der Waals surface area contributed by atoms with E-state index in [1.54, 1.807) is 48.7 Å². The normalized spacial score (nSPS) is 11.5. The summed E-state index contributed by atoms with van der Waals surface area (Å²) in [6.45, 7) is 7.31. The monoisotopic (exact) mass is 683 g/mol. The number of hydrogen-bond donors (Lipinski definition) is 5. The molecule has 0 atom stereocenters. The Kier molecular flexibility index (Phi) is 9.67. The Balaban J connectivity index is 1.38. The topological polar surface area (TPSA) is 168 Å². The van der Waals surface area contributed by atoms with Crippen LogP contribution in [0.1, 0.15) is 43.6 Å². The summed E-state index contributed by atoms with van der Waals surface area (Å²) in [4.78, 5) is 29.4. The van der Waals surface area contributed by atoms with Gasteiger partial charge in [-0.05, 0) is 60.4 Å². The lowest BCUT2D eigenvalue weighted by Gasteiger charge is -2.24. The molecule has 49 heavy (non-hydrogen) atoms. The number of benzene rings is 4. The second-order valence-electron chi connectivity index (χ2n) is 12.4. The van der Waals surface area contributed by atoms with Gasteiger partial charge in [0.25, 0.3) is 0 Å². The first kappa shape index (κ1) is 34.5. The number of phenols is 1. The number of hydrogen-bond acceptors (Lipinski definition) is 9. The molecule has 1 heterocycles. The quantitative estimate of drug-likeness (QED) is 0.0916. The molecule has 0 saturated heterocycles. The predicted octanol–water partition coefficient (Wildman–Crippen LogP) is 8.00. The average molecular weight is 684 g/mol. The van der Waals surface area contributed by atoms with Crippen LogP contribution in [0, 0.1) is 0 Å². The number of aromatic nitrogens is 1. The number of rotatable bonds is 10. The predicted molar refractivity (Wildman–Crippen MR) is 192 cm³/mol. The summed E-state index contributed by atoms with van der Waals surface area (Å²) >= 11 is 0. The van der Waals surface area contributed by atoms with Crippen LogP contribution in [0.5, 0.6) is 23.0 Å². The van der Waals surface area contributed by atoms with Gasteiger partial charge < -0.3 is 30.5 Å². The second-order valence-corrected chi connectivity index (χ2v) is 14.1. The number of nitrogens with one attached hydrogen (secondary N) is 4. The van der Waals surface area contributed by atoms with Gasteiger partial charge in [0.15, 0.2) is 11.5 Å². The molecule has 13 heteroatoms. The maximum Gasteiger partial charge on any atom is 0.323 e. The van der Waals surface area contributed by atoms with Gasteiger partial charge in [-0.3, -0.25) is 9.52 Å². The molecule has 1 aromatic heterocycles. The summed E-state index contributed by atoms with van der Waals surface area (Å²) in [6, 6.07) is 21.8. The highest BCUT2D eigenvalue weighted by molar-refractivity contribution is 7.92. The molecular weight excluding hydrogens is 646 g/mol. The lowest BCUT2D eigenvalue weighted by atomic mass is 9.86. The zero-order chi connectivity index (χ0) is 35.5. The van der Waals surface area contributed by atoms with Gasteiger partial charge in [0, 0.05) is 34.8 Å². The van der Waals surface area contributed by atoms with Gasteiger partial charge in [-0.25, -0.2) is 18.2 Å². The number of ether oxygens (including phenoxy) is 2. The summed E-state index contributed by atoms with van der Waals surface area (Å²) in [5, 5.41) is 20.4. The van der Waals surface area contributed by atoms with E-state index in [1.807, 2.05) is 45.0 Å². The Morgan fingerprint density at radius 2 is 1.55 bits per heavy atom. The zero-order valence-electron chi connectivity index (χ0n) is 27.8. The Morgan fingerprint density at radius 3 is 2.20 bits per heavy atom. The maximum atomic E-state index is 13.4. The van der Waals surface area contributed by atoms with Crippen LogP contribution in [0.25, 0.3) is 10.8 Å². The van der Waals surface area contributed by atoms with Gasteiger partial charge >= 0.3 is 6.03 Å². The SMILES string of the molecule is COc1c(NC(=O)Nc2ccc(Oc3ccnc(Nc4ccc(C(C)=O)c(O)c4)c3)c3ccccc23)cc(C(C)(C)C)cc1NS(C)(=O)=O. The fourth-order valence-electron chi connectivity index (χ4n) is 5.12. The zero-order valence-corrected chi connectivity index (χ0v) is 28.7. The minimum absolute atomic E-state index is 0.134. The standard InChI is InChI=1S/C36H37N5O7S/c1-21(42)25-12-11-23(19-31(25)43)38-33-20-24(15-16-37-33)48-32-14-13-28(26-9-7-8-10-27(26)32)39-35(44)40-29-17-22(36(2,3)4)18-30(34(29)47-5)41-49(6,45)46/h7-20,41,43H,1-6H3,(H,37,38)(H2,39,40,44). The number of urea groups is 1. The number of carbonyl (C=O) groups excluding carboxylic acids is 2. The van der Waals surface area contributed by atoms with Crippen LogP contribution in [-0.2, 0) is 15.4 Å². The molecule has 0 unspecified atom stereocenters. The first-order valence-corrected chi connectivity index (χ1v) is 17.1. The Labute approximate surface area is 284 Å². The van der Waals surface area contributed by atoms with E-state index in [1.165, 1.54) is 26.2 Å². The molecule has 0 aliphatic rings. The number of nitrogens with zero attached hydrogens (tertiary/aromatic N) is 1. The second kappa shape index (κ2) is 13.7. The van der Waals surface area contributed by atoms with Crippen LogP contribution in [0.15, 0.2) is 85.1 Å². The van der Waals surface area contributed by atoms with E-state index in [4.69, 9.17) is 9.47 Å². The van der Waals surface area contributed by atoms with E-state index >= 15 is 0 Å². The minimum atomic E-state index is -3.64. The number of Topliss-reactive ketones (excluding diaryl/α,β-unsaturated/α-hetero) is 1. The summed E-state index contributed by atoms with van der Waals surface area (Å²) < 4.78 is 38.5. The summed E-state index contributed by atoms with van der Waals surface area (Å²) in [5.41, 5.74) is 2.18. The summed E-state index contributed by atoms with van der Waals surface area (Å²) in [7, 11) is -2.24. The smallest absolute Gasteiger partial charge is 0.323 e. The van der Waals surface area contributed by atoms with Gasteiger partial charge in [0.2, 0.25) is 10.0 Å². The van der Waals surface area contributed by atoms with Gasteiger partial charge in [0.05, 0.1) is 36.0 Å². The molecule has 5 aromatic rings. The van der Waals surface area contributed by atoms with Crippen LogP contribution in [0.4, 0.5) is 33.4 Å². The van der Waals surface area contributed by atoms with Crippen LogP contribution >= 0.6 is 0 Å². The molecule has 0 saturated carbocycles. The fraction of sp³-hybridized carbons (Fsp3) is 0.194. The average Bonchev–Trinajstić information content (AvgIpc) is 3.01. The lowest BCUT2D eigenvalue weighted by molar-refractivity contribution is 0.101. The number of pyridine rings is 1. The Hall–Kier alpha value is -5.82. The largest absolute Gasteiger partial charge is 0.507 e. The molecule has 0 aliphatic carbocycles. The highest BCUT2D eigenvalue weighted by Gasteiger charge is 2.22. The maximum absolute atomic E-state index is 13.4. The van der Waals surface area contributed by atoms with Crippen molar-refractivity contribution in [1.82, 2.24) is 4.98 Å². The third kappa shape index (κ3) is 8.37. The number of sulfonamides is 1. The molecule has 0 aliphatic heterocycles. The molecule has 5 rings (SSSR count). The number of fused-ring (bicyclic) bond motifs is 1. The van der Waals surface area contributed by atoms with Gasteiger partial charge in [-0.2, -0.15) is 0 Å². The van der Waals surface area contributed by atoms with Crippen molar-refractivity contribution in [3.8, 4) is 23.0 Å². The molecule has 0 bridgehead atoms. The van der Waals surface area contributed by atoms with E-state index in [0.717, 1.165) is 17.2 Å². The van der Waals surface area contributed by atoms with Crippen LogP contribution in [0.2, 0.25) is 0 Å². The molecule has 254 valence electrons. The molecule has 5 N–H and O–H groups in total. The number of carbonyl (C=O) groups is 2. The Morgan fingerprint density at radius 1 is 0.857 bits per heavy atom. The van der Waals surface area contributed by atoms with Crippen LogP contribution in [-0.4, -0.2) is 43.7 Å². The molecule has 2 amide bonds. The van der Waals surface area contributed by atoms with Crippen molar-refractivity contribution in [1.29, 1.82) is 0 Å². The molecule has 12 nitrogen and oxygen atoms in total. The van der Waals surface area contributed by atoms with Crippen molar-refractivity contribution in [2.75, 3.05) is 34.0 Å². The third-order valence-electron chi connectivity index (χ3n) is 7.44. The van der Waals surface area contributed by atoms with E-state index in [2.05, 4.69) is 25.7 Å². The first-order chi connectivity index (χ1) is 23.1. The highest BCUT2D eigenvalue weighted by Crippen LogP contribution is 2.40. The van der Waals surface area contributed by atoms with Crippen molar-refractivity contribution in [3.05, 3.63) is 96.2 Å². The number of aromatic hydroxyl groups is 1. The van der Waals surface area contributed by atoms with Gasteiger partial charge in [-0.1, -0.05) is 45.0 Å². The van der Waals surface area contributed by atoms with Gasteiger partial charge in [0.1, 0.15) is 23.1 Å². The van der Waals surface area contributed by atoms with Crippen LogP contribution < -0.4 is 30.1 Å². The molecular formula is C36H37N5O7S. The number of ketones is 1. The lowest BCUT2D eigenvalue weighted by Crippen LogP contribution is -2.22. The highest BCUT2D eigenvalue weighted by atomic mass is 32.2. The van der Waals surface area contributed by atoms with Gasteiger partial charge in [-0.15, -0.1) is 0 Å². The van der Waals surface area contributed by atoms with E-state index in [-0.39, 0.29) is 39.6 Å². The van der Waals surface area contributed by atoms with Crippen molar-refractivity contribution in [2.24, 2.45) is 0 Å². The van der Waals surface area contributed by atoms with Crippen molar-refractivity contribution in [3.63, 3.8) is 0 Å². The van der Waals surface area contributed by atoms with E-state index in [0.29, 0.717) is 34.1 Å². The number of methoxy groups -OCH3 is 1. The molecule has 4 aromatic carbocycles. The first-order valence-electron chi connectivity index (χ1n) is 15.2. The molecule has 0 radical (unpaired) electrons. The summed E-state index contributed by atoms with van der Waals surface area (Å²) in [6.07, 6.45) is 2.62. The third-order valence-corrected chi connectivity index (χ3v) is 8.03. The van der Waals surface area contributed by atoms with Crippen LogP contribution in [0.3, 0.4) is 0 Å². The Bertz CT molecular complexity index is 2180. The number of amides is 2. The molecule has 0 spiro atoms. The van der Waals surface area contributed by atoms with Crippen molar-refractivity contribution < 1.29 is 32.6 Å². The van der Waals surface area contributed by atoms with E-state index in [9.17, 15) is 23.1 Å². The van der Waals surface area contributed by atoms with E-state index < -0.39 is 16.1 Å². The molecule has 0 fully saturated rings.